The number of rotatable bonds is 2. The zero-order valence-corrected chi connectivity index (χ0v) is 13.6. The van der Waals surface area contributed by atoms with Gasteiger partial charge in [0.15, 0.2) is 4.77 Å². The number of aromatic amines is 1. The molecular formula is C14H10BrClN2OS. The summed E-state index contributed by atoms with van der Waals surface area (Å²) in [5, 5.41) is 0.646. The molecule has 0 saturated heterocycles. The zero-order valence-electron chi connectivity index (χ0n) is 10.5. The van der Waals surface area contributed by atoms with E-state index in [1.165, 1.54) is 0 Å². The summed E-state index contributed by atoms with van der Waals surface area (Å²) < 4.78 is 8.64. The predicted molar refractivity (Wildman–Crippen MR) is 87.7 cm³/mol. The first-order chi connectivity index (χ1) is 9.60. The molecule has 1 heterocycles. The molecule has 0 amide bonds. The number of H-pyrrole nitrogens is 1. The van der Waals surface area contributed by atoms with E-state index < -0.39 is 0 Å². The molecule has 0 saturated carbocycles. The molecule has 0 radical (unpaired) electrons. The smallest absolute Gasteiger partial charge is 0.182 e. The van der Waals surface area contributed by atoms with Crippen LogP contribution in [0.15, 0.2) is 40.9 Å². The van der Waals surface area contributed by atoms with Crippen LogP contribution in [0, 0.1) is 4.77 Å². The van der Waals surface area contributed by atoms with Gasteiger partial charge in [-0.2, -0.15) is 0 Å². The molecule has 0 spiro atoms. The van der Waals surface area contributed by atoms with Crippen molar-refractivity contribution in [3.05, 3.63) is 50.7 Å². The van der Waals surface area contributed by atoms with Gasteiger partial charge in [0.1, 0.15) is 5.75 Å². The van der Waals surface area contributed by atoms with E-state index in [1.807, 2.05) is 41.0 Å². The molecule has 20 heavy (non-hydrogen) atoms. The third-order valence-electron chi connectivity index (χ3n) is 3.05. The molecule has 102 valence electrons. The highest BCUT2D eigenvalue weighted by Gasteiger charge is 2.09. The van der Waals surface area contributed by atoms with Crippen LogP contribution in [0.1, 0.15) is 0 Å². The maximum atomic E-state index is 6.16. The van der Waals surface area contributed by atoms with Gasteiger partial charge in [-0.05, 0) is 58.5 Å². The van der Waals surface area contributed by atoms with Gasteiger partial charge in [0.05, 0.1) is 23.2 Å². The van der Waals surface area contributed by atoms with Crippen LogP contribution in [0.2, 0.25) is 5.02 Å². The van der Waals surface area contributed by atoms with Crippen LogP contribution < -0.4 is 4.74 Å². The summed E-state index contributed by atoms with van der Waals surface area (Å²) in [6.07, 6.45) is 0. The molecule has 0 aliphatic carbocycles. The van der Waals surface area contributed by atoms with Gasteiger partial charge in [0, 0.05) is 16.2 Å². The quantitative estimate of drug-likeness (QED) is 0.636. The third kappa shape index (κ3) is 2.26. The second-order valence-corrected chi connectivity index (χ2v) is 5.90. The number of hydrogen-bond donors (Lipinski definition) is 1. The van der Waals surface area contributed by atoms with E-state index >= 15 is 0 Å². The molecular weight excluding hydrogens is 360 g/mol. The second kappa shape index (κ2) is 5.24. The van der Waals surface area contributed by atoms with Gasteiger partial charge in [-0.3, -0.25) is 4.57 Å². The van der Waals surface area contributed by atoms with Crippen LogP contribution in [0.25, 0.3) is 16.7 Å². The molecule has 0 fully saturated rings. The summed E-state index contributed by atoms with van der Waals surface area (Å²) in [5.41, 5.74) is 2.82. The maximum Gasteiger partial charge on any atom is 0.182 e. The summed E-state index contributed by atoms with van der Waals surface area (Å²) in [7, 11) is 1.64. The lowest BCUT2D eigenvalue weighted by Gasteiger charge is -2.06. The van der Waals surface area contributed by atoms with Crippen molar-refractivity contribution in [3.63, 3.8) is 0 Å². The number of aromatic nitrogens is 2. The average molecular weight is 370 g/mol. The summed E-state index contributed by atoms with van der Waals surface area (Å²) in [6.45, 7) is 0. The normalized spacial score (nSPS) is 10.9. The van der Waals surface area contributed by atoms with Crippen molar-refractivity contribution in [2.45, 2.75) is 0 Å². The minimum absolute atomic E-state index is 0.617. The van der Waals surface area contributed by atoms with E-state index in [4.69, 9.17) is 28.6 Å². The Kier molecular flexibility index (Phi) is 3.58. The standard InChI is InChI=1S/C14H10BrClN2OS/c1-19-9-3-5-13-12(7-9)17-14(20)18(13)8-2-4-10(15)11(16)6-8/h2-7H,1H3,(H,17,20). The Balaban J connectivity index is 2.27. The largest absolute Gasteiger partial charge is 0.497 e. The van der Waals surface area contributed by atoms with Crippen LogP contribution in [-0.4, -0.2) is 16.7 Å². The minimum Gasteiger partial charge on any atom is -0.497 e. The van der Waals surface area contributed by atoms with Crippen molar-refractivity contribution in [2.75, 3.05) is 7.11 Å². The number of nitrogens with zero attached hydrogens (tertiary/aromatic N) is 1. The van der Waals surface area contributed by atoms with Crippen molar-refractivity contribution in [1.82, 2.24) is 9.55 Å². The number of benzene rings is 2. The third-order valence-corrected chi connectivity index (χ3v) is 4.57. The van der Waals surface area contributed by atoms with Crippen LogP contribution in [0.5, 0.6) is 5.75 Å². The Morgan fingerprint density at radius 1 is 1.25 bits per heavy atom. The van der Waals surface area contributed by atoms with Gasteiger partial charge in [-0.25, -0.2) is 0 Å². The maximum absolute atomic E-state index is 6.16. The predicted octanol–water partition coefficient (Wildman–Crippen LogP) is 5.11. The number of methoxy groups -OCH3 is 1. The average Bonchev–Trinajstić information content (AvgIpc) is 2.76. The molecule has 3 aromatic rings. The molecule has 1 aromatic heterocycles. The van der Waals surface area contributed by atoms with Crippen LogP contribution >= 0.6 is 39.7 Å². The van der Waals surface area contributed by atoms with Gasteiger partial charge in [0.25, 0.3) is 0 Å². The van der Waals surface area contributed by atoms with E-state index in [2.05, 4.69) is 20.9 Å². The first-order valence-electron chi connectivity index (χ1n) is 5.84. The monoisotopic (exact) mass is 368 g/mol. The number of hydrogen-bond acceptors (Lipinski definition) is 2. The van der Waals surface area contributed by atoms with Gasteiger partial charge in [-0.15, -0.1) is 0 Å². The minimum atomic E-state index is 0.617. The Hall–Kier alpha value is -1.30. The van der Waals surface area contributed by atoms with Gasteiger partial charge in [-0.1, -0.05) is 11.6 Å². The van der Waals surface area contributed by atoms with E-state index in [1.54, 1.807) is 7.11 Å². The van der Waals surface area contributed by atoms with Gasteiger partial charge >= 0.3 is 0 Å². The summed E-state index contributed by atoms with van der Waals surface area (Å²) in [6, 6.07) is 11.5. The fraction of sp³-hybridized carbons (Fsp3) is 0.0714. The highest BCUT2D eigenvalue weighted by atomic mass is 79.9. The highest BCUT2D eigenvalue weighted by molar-refractivity contribution is 9.10. The van der Waals surface area contributed by atoms with E-state index in [0.29, 0.717) is 9.79 Å². The van der Waals surface area contributed by atoms with Gasteiger partial charge in [0.2, 0.25) is 0 Å². The highest BCUT2D eigenvalue weighted by Crippen LogP contribution is 2.28. The molecule has 2 aromatic carbocycles. The van der Waals surface area contributed by atoms with E-state index in [9.17, 15) is 0 Å². The lowest BCUT2D eigenvalue weighted by molar-refractivity contribution is 0.415. The fourth-order valence-electron chi connectivity index (χ4n) is 2.10. The molecule has 3 nitrogen and oxygen atoms in total. The Labute approximate surface area is 134 Å². The lowest BCUT2D eigenvalue weighted by Crippen LogP contribution is -1.94. The van der Waals surface area contributed by atoms with Crippen molar-refractivity contribution >= 4 is 50.8 Å². The van der Waals surface area contributed by atoms with E-state index in [0.717, 1.165) is 26.9 Å². The van der Waals surface area contributed by atoms with Crippen molar-refractivity contribution in [1.29, 1.82) is 0 Å². The summed E-state index contributed by atoms with van der Waals surface area (Å²) in [4.78, 5) is 3.18. The van der Waals surface area contributed by atoms with Crippen LogP contribution in [0.4, 0.5) is 0 Å². The first-order valence-corrected chi connectivity index (χ1v) is 7.42. The molecule has 6 heteroatoms. The van der Waals surface area contributed by atoms with Gasteiger partial charge < -0.3 is 9.72 Å². The molecule has 0 unspecified atom stereocenters. The molecule has 0 atom stereocenters. The number of ether oxygens (including phenoxy) is 1. The van der Waals surface area contributed by atoms with Crippen LogP contribution in [-0.2, 0) is 0 Å². The fourth-order valence-corrected chi connectivity index (χ4v) is 2.83. The second-order valence-electron chi connectivity index (χ2n) is 4.25. The first kappa shape index (κ1) is 13.7. The van der Waals surface area contributed by atoms with Crippen molar-refractivity contribution in [3.8, 4) is 11.4 Å². The topological polar surface area (TPSA) is 29.9 Å². The van der Waals surface area contributed by atoms with E-state index in [-0.39, 0.29) is 0 Å². The molecule has 0 aliphatic heterocycles. The Bertz CT molecular complexity index is 856. The SMILES string of the molecule is COc1ccc2c(c1)[nH]c(=S)n2-c1ccc(Br)c(Cl)c1. The number of halogens is 2. The van der Waals surface area contributed by atoms with Crippen LogP contribution in [0.3, 0.4) is 0 Å². The zero-order chi connectivity index (χ0) is 14.3. The summed E-state index contributed by atoms with van der Waals surface area (Å²) >= 11 is 14.9. The molecule has 0 bridgehead atoms. The Morgan fingerprint density at radius 2 is 2.05 bits per heavy atom. The molecule has 3 rings (SSSR count). The van der Waals surface area contributed by atoms with Crippen molar-refractivity contribution in [2.24, 2.45) is 0 Å². The number of imidazole rings is 1. The Morgan fingerprint density at radius 3 is 2.75 bits per heavy atom. The molecule has 1 N–H and O–H groups in total. The summed E-state index contributed by atoms with van der Waals surface area (Å²) in [5.74, 6) is 0.787. The lowest BCUT2D eigenvalue weighted by atomic mass is 10.2. The number of fused-ring (bicyclic) bond motifs is 1. The number of nitrogens with one attached hydrogen (secondary N) is 1. The molecule has 0 aliphatic rings. The van der Waals surface area contributed by atoms with Crippen molar-refractivity contribution < 1.29 is 4.74 Å².